The van der Waals surface area contributed by atoms with Gasteiger partial charge in [-0.3, -0.25) is 4.79 Å². The van der Waals surface area contributed by atoms with Gasteiger partial charge in [-0.1, -0.05) is 19.4 Å². The molecular weight excluding hydrogens is 402 g/mol. The van der Waals surface area contributed by atoms with Crippen LogP contribution in [0.25, 0.3) is 0 Å². The summed E-state index contributed by atoms with van der Waals surface area (Å²) in [4.78, 5) is 15.3. The van der Waals surface area contributed by atoms with Gasteiger partial charge in [0.25, 0.3) is 5.91 Å². The summed E-state index contributed by atoms with van der Waals surface area (Å²) in [7, 11) is 0. The second-order valence-electron chi connectivity index (χ2n) is 8.99. The van der Waals surface area contributed by atoms with E-state index < -0.39 is 0 Å². The smallest absolute Gasteiger partial charge is 0.251 e. The van der Waals surface area contributed by atoms with E-state index in [9.17, 15) is 4.79 Å². The van der Waals surface area contributed by atoms with Gasteiger partial charge in [0.2, 0.25) is 0 Å². The quantitative estimate of drug-likeness (QED) is 0.506. The minimum absolute atomic E-state index is 0.0652. The third-order valence-corrected chi connectivity index (χ3v) is 6.65. The highest BCUT2D eigenvalue weighted by atomic mass is 16.5. The summed E-state index contributed by atoms with van der Waals surface area (Å²) < 4.78 is 11.2. The van der Waals surface area contributed by atoms with Crippen LogP contribution < -0.4 is 20.1 Å². The SMILES string of the molecule is C=C(NCCN1CCC(CNC(=O)c2cc(OCC)cc(OCC)c2)CC1)C1CCCC1. The van der Waals surface area contributed by atoms with E-state index in [0.717, 1.165) is 39.0 Å². The molecule has 2 aliphatic rings. The molecule has 1 heterocycles. The molecule has 6 heteroatoms. The van der Waals surface area contributed by atoms with Crippen molar-refractivity contribution in [1.82, 2.24) is 15.5 Å². The van der Waals surface area contributed by atoms with Crippen molar-refractivity contribution in [2.75, 3.05) is 45.9 Å². The Morgan fingerprint density at radius 1 is 1.00 bits per heavy atom. The Hall–Kier alpha value is -2.21. The van der Waals surface area contributed by atoms with Gasteiger partial charge in [-0.25, -0.2) is 0 Å². The highest BCUT2D eigenvalue weighted by Crippen LogP contribution is 2.28. The molecule has 1 aliphatic heterocycles. The number of carbonyl (C=O) groups is 1. The molecule has 1 aromatic rings. The summed E-state index contributed by atoms with van der Waals surface area (Å²) in [5.41, 5.74) is 1.83. The monoisotopic (exact) mass is 443 g/mol. The molecule has 32 heavy (non-hydrogen) atoms. The summed E-state index contributed by atoms with van der Waals surface area (Å²) in [5.74, 6) is 2.48. The first-order valence-corrected chi connectivity index (χ1v) is 12.4. The Kier molecular flexibility index (Phi) is 9.72. The van der Waals surface area contributed by atoms with Crippen LogP contribution in [0.2, 0.25) is 0 Å². The predicted molar refractivity (Wildman–Crippen MR) is 129 cm³/mol. The number of piperidine rings is 1. The molecular formula is C26H41N3O3. The molecule has 178 valence electrons. The average Bonchev–Trinajstić information content (AvgIpc) is 3.34. The van der Waals surface area contributed by atoms with E-state index in [1.54, 1.807) is 12.1 Å². The zero-order chi connectivity index (χ0) is 22.8. The lowest BCUT2D eigenvalue weighted by molar-refractivity contribution is 0.0935. The van der Waals surface area contributed by atoms with E-state index >= 15 is 0 Å². The van der Waals surface area contributed by atoms with Gasteiger partial charge >= 0.3 is 0 Å². The number of hydrogen-bond donors (Lipinski definition) is 2. The van der Waals surface area contributed by atoms with Crippen molar-refractivity contribution in [3.63, 3.8) is 0 Å². The van der Waals surface area contributed by atoms with Crippen molar-refractivity contribution in [2.45, 2.75) is 52.4 Å². The van der Waals surface area contributed by atoms with E-state index in [1.807, 2.05) is 19.9 Å². The lowest BCUT2D eigenvalue weighted by Crippen LogP contribution is -2.41. The second-order valence-corrected chi connectivity index (χ2v) is 8.99. The van der Waals surface area contributed by atoms with E-state index in [1.165, 1.54) is 31.4 Å². The Labute approximate surface area is 193 Å². The maximum atomic E-state index is 12.7. The number of likely N-dealkylation sites (tertiary alicyclic amines) is 1. The van der Waals surface area contributed by atoms with Crippen LogP contribution in [-0.4, -0.2) is 56.7 Å². The zero-order valence-corrected chi connectivity index (χ0v) is 20.0. The van der Waals surface area contributed by atoms with Crippen LogP contribution in [0.3, 0.4) is 0 Å². The number of ether oxygens (including phenoxy) is 2. The molecule has 3 rings (SSSR count). The lowest BCUT2D eigenvalue weighted by Gasteiger charge is -2.32. The van der Waals surface area contributed by atoms with Gasteiger partial charge in [-0.05, 0) is 76.6 Å². The second kappa shape index (κ2) is 12.7. The van der Waals surface area contributed by atoms with Crippen molar-refractivity contribution in [1.29, 1.82) is 0 Å². The van der Waals surface area contributed by atoms with Gasteiger partial charge < -0.3 is 25.0 Å². The standard InChI is InChI=1S/C26H41N3O3/c1-4-31-24-16-23(17-25(18-24)32-5-2)26(30)28-19-21-10-13-29(14-11-21)15-12-27-20(3)22-8-6-7-9-22/h16-18,21-22,27H,3-15,19H2,1-2H3,(H,28,30). The molecule has 1 aromatic carbocycles. The number of amides is 1. The van der Waals surface area contributed by atoms with Crippen LogP contribution in [0.1, 0.15) is 62.7 Å². The van der Waals surface area contributed by atoms with Crippen molar-refractivity contribution in [2.24, 2.45) is 11.8 Å². The summed E-state index contributed by atoms with van der Waals surface area (Å²) in [5, 5.41) is 6.67. The van der Waals surface area contributed by atoms with E-state index in [-0.39, 0.29) is 5.91 Å². The first-order valence-electron chi connectivity index (χ1n) is 12.4. The van der Waals surface area contributed by atoms with E-state index in [0.29, 0.717) is 48.7 Å². The Balaban J connectivity index is 1.37. The van der Waals surface area contributed by atoms with E-state index in [4.69, 9.17) is 9.47 Å². The Morgan fingerprint density at radius 3 is 2.22 bits per heavy atom. The third kappa shape index (κ3) is 7.44. The van der Waals surface area contributed by atoms with Crippen LogP contribution in [0.15, 0.2) is 30.5 Å². The molecule has 1 saturated carbocycles. The number of rotatable bonds is 12. The number of hydrogen-bond acceptors (Lipinski definition) is 5. The number of nitrogens with zero attached hydrogens (tertiary/aromatic N) is 1. The largest absolute Gasteiger partial charge is 0.494 e. The summed E-state index contributed by atoms with van der Waals surface area (Å²) >= 11 is 0. The minimum Gasteiger partial charge on any atom is -0.494 e. The topological polar surface area (TPSA) is 62.8 Å². The van der Waals surface area contributed by atoms with Crippen LogP contribution in [0.4, 0.5) is 0 Å². The van der Waals surface area contributed by atoms with Gasteiger partial charge in [0.1, 0.15) is 11.5 Å². The Bertz CT molecular complexity index is 714. The van der Waals surface area contributed by atoms with Crippen molar-refractivity contribution in [3.05, 3.63) is 36.0 Å². The van der Waals surface area contributed by atoms with Crippen LogP contribution in [-0.2, 0) is 0 Å². The van der Waals surface area contributed by atoms with Gasteiger partial charge in [-0.2, -0.15) is 0 Å². The lowest BCUT2D eigenvalue weighted by atomic mass is 9.96. The first kappa shape index (κ1) is 24.4. The molecule has 0 radical (unpaired) electrons. The zero-order valence-electron chi connectivity index (χ0n) is 20.0. The van der Waals surface area contributed by atoms with Gasteiger partial charge in [0.05, 0.1) is 13.2 Å². The van der Waals surface area contributed by atoms with Crippen LogP contribution >= 0.6 is 0 Å². The highest BCUT2D eigenvalue weighted by molar-refractivity contribution is 5.95. The summed E-state index contributed by atoms with van der Waals surface area (Å²) in [6.45, 7) is 14.2. The fourth-order valence-corrected chi connectivity index (χ4v) is 4.75. The predicted octanol–water partition coefficient (Wildman–Crippen LogP) is 4.22. The molecule has 0 unspecified atom stereocenters. The molecule has 2 fully saturated rings. The highest BCUT2D eigenvalue weighted by Gasteiger charge is 2.21. The van der Waals surface area contributed by atoms with Gasteiger partial charge in [-0.15, -0.1) is 0 Å². The van der Waals surface area contributed by atoms with E-state index in [2.05, 4.69) is 22.1 Å². The van der Waals surface area contributed by atoms with Gasteiger partial charge in [0.15, 0.2) is 0 Å². The number of benzene rings is 1. The molecule has 0 spiro atoms. The Morgan fingerprint density at radius 2 is 1.62 bits per heavy atom. The van der Waals surface area contributed by atoms with Crippen LogP contribution in [0, 0.1) is 11.8 Å². The molecule has 0 atom stereocenters. The molecule has 0 bridgehead atoms. The fraction of sp³-hybridized carbons (Fsp3) is 0.654. The van der Waals surface area contributed by atoms with Crippen molar-refractivity contribution < 1.29 is 14.3 Å². The minimum atomic E-state index is -0.0652. The number of carbonyl (C=O) groups excluding carboxylic acids is 1. The summed E-state index contributed by atoms with van der Waals surface area (Å²) in [6.07, 6.45) is 7.53. The number of allylic oxidation sites excluding steroid dienone is 1. The molecule has 1 aliphatic carbocycles. The maximum Gasteiger partial charge on any atom is 0.251 e. The maximum absolute atomic E-state index is 12.7. The van der Waals surface area contributed by atoms with Crippen molar-refractivity contribution in [3.8, 4) is 11.5 Å². The van der Waals surface area contributed by atoms with Crippen molar-refractivity contribution >= 4 is 5.91 Å². The molecule has 1 amide bonds. The molecule has 2 N–H and O–H groups in total. The normalized spacial score (nSPS) is 17.8. The molecule has 6 nitrogen and oxygen atoms in total. The molecule has 0 aromatic heterocycles. The van der Waals surface area contributed by atoms with Crippen LogP contribution in [0.5, 0.6) is 11.5 Å². The number of nitrogens with one attached hydrogen (secondary N) is 2. The average molecular weight is 444 g/mol. The van der Waals surface area contributed by atoms with Gasteiger partial charge in [0, 0.05) is 37.0 Å². The molecule has 1 saturated heterocycles. The summed E-state index contributed by atoms with van der Waals surface area (Å²) in [6, 6.07) is 5.41. The first-order chi connectivity index (χ1) is 15.6. The fourth-order valence-electron chi connectivity index (χ4n) is 4.75. The third-order valence-electron chi connectivity index (χ3n) is 6.65.